The lowest BCUT2D eigenvalue weighted by Gasteiger charge is -2.21. The Morgan fingerprint density at radius 3 is 2.80 bits per heavy atom. The summed E-state index contributed by atoms with van der Waals surface area (Å²) < 4.78 is 1.20. The van der Waals surface area contributed by atoms with E-state index in [2.05, 4.69) is 52.6 Å². The van der Waals surface area contributed by atoms with Crippen molar-refractivity contribution >= 4 is 38.9 Å². The summed E-state index contributed by atoms with van der Waals surface area (Å²) in [4.78, 5) is 1.37. The Morgan fingerprint density at radius 2 is 2.15 bits per heavy atom. The van der Waals surface area contributed by atoms with Gasteiger partial charge in [-0.25, -0.2) is 0 Å². The van der Waals surface area contributed by atoms with Crippen molar-refractivity contribution in [3.63, 3.8) is 0 Å². The number of nitrogens with one attached hydrogen (secondary N) is 1. The maximum absolute atomic E-state index is 6.27. The fourth-order valence-electron chi connectivity index (χ4n) is 2.27. The average molecular weight is 373 g/mol. The molecule has 0 saturated heterocycles. The molecule has 20 heavy (non-hydrogen) atoms. The van der Waals surface area contributed by atoms with Crippen LogP contribution >= 0.6 is 38.9 Å². The van der Waals surface area contributed by atoms with Crippen molar-refractivity contribution < 1.29 is 0 Å². The molecule has 0 aliphatic rings. The molecule has 108 valence electrons. The molecule has 2 rings (SSSR count). The van der Waals surface area contributed by atoms with Crippen molar-refractivity contribution in [1.82, 2.24) is 5.32 Å². The summed E-state index contributed by atoms with van der Waals surface area (Å²) in [6, 6.07) is 8.59. The fourth-order valence-corrected chi connectivity index (χ4v) is 4.01. The molecule has 1 N–H and O–H groups in total. The summed E-state index contributed by atoms with van der Waals surface area (Å²) in [5.74, 6) is 0. The summed E-state index contributed by atoms with van der Waals surface area (Å²) in [5, 5.41) is 6.62. The zero-order chi connectivity index (χ0) is 14.5. The third kappa shape index (κ3) is 3.85. The Morgan fingerprint density at radius 1 is 1.35 bits per heavy atom. The molecule has 2 aromatic rings. The minimum atomic E-state index is 0.309. The number of thiophene rings is 1. The molecule has 1 aromatic heterocycles. The van der Waals surface area contributed by atoms with Crippen LogP contribution in [0.5, 0.6) is 0 Å². The average Bonchev–Trinajstić information content (AvgIpc) is 2.83. The Kier molecular flexibility index (Phi) is 6.09. The van der Waals surface area contributed by atoms with Gasteiger partial charge in [0.15, 0.2) is 0 Å². The number of rotatable bonds is 6. The molecule has 0 saturated carbocycles. The highest BCUT2D eigenvalue weighted by Crippen LogP contribution is 2.31. The van der Waals surface area contributed by atoms with Gasteiger partial charge < -0.3 is 5.32 Å². The van der Waals surface area contributed by atoms with E-state index in [1.807, 2.05) is 12.1 Å². The molecule has 1 atom stereocenters. The van der Waals surface area contributed by atoms with Crippen LogP contribution in [0.15, 0.2) is 34.1 Å². The van der Waals surface area contributed by atoms with Crippen molar-refractivity contribution in [2.75, 3.05) is 6.54 Å². The topological polar surface area (TPSA) is 12.0 Å². The lowest BCUT2D eigenvalue weighted by Crippen LogP contribution is -2.24. The summed E-state index contributed by atoms with van der Waals surface area (Å²) in [5.41, 5.74) is 2.47. The number of halogens is 2. The van der Waals surface area contributed by atoms with E-state index in [-0.39, 0.29) is 0 Å². The van der Waals surface area contributed by atoms with Gasteiger partial charge in [-0.2, -0.15) is 0 Å². The van der Waals surface area contributed by atoms with E-state index >= 15 is 0 Å². The first-order chi connectivity index (χ1) is 9.63. The van der Waals surface area contributed by atoms with Crippen molar-refractivity contribution in [2.45, 2.75) is 32.7 Å². The second-order valence-corrected chi connectivity index (χ2v) is 7.12. The predicted octanol–water partition coefficient (Wildman–Crippen LogP) is 5.76. The largest absolute Gasteiger partial charge is 0.310 e. The van der Waals surface area contributed by atoms with Crippen LogP contribution in [0, 0.1) is 6.92 Å². The summed E-state index contributed by atoms with van der Waals surface area (Å²) >= 11 is 11.7. The quantitative estimate of drug-likeness (QED) is 0.680. The minimum absolute atomic E-state index is 0.309. The molecule has 0 bridgehead atoms. The van der Waals surface area contributed by atoms with Gasteiger partial charge in [-0.05, 0) is 64.5 Å². The van der Waals surface area contributed by atoms with Gasteiger partial charge in [0.25, 0.3) is 0 Å². The molecule has 1 nitrogen and oxygen atoms in total. The monoisotopic (exact) mass is 371 g/mol. The predicted molar refractivity (Wildman–Crippen MR) is 92.9 cm³/mol. The van der Waals surface area contributed by atoms with Gasteiger partial charge in [-0.3, -0.25) is 0 Å². The fraction of sp³-hybridized carbons (Fsp3) is 0.375. The van der Waals surface area contributed by atoms with E-state index in [0.717, 1.165) is 24.4 Å². The molecule has 0 aliphatic carbocycles. The maximum atomic E-state index is 6.27. The molecular formula is C16H19BrClNS. The molecule has 0 spiro atoms. The zero-order valence-corrected chi connectivity index (χ0v) is 14.9. The molecule has 0 radical (unpaired) electrons. The zero-order valence-electron chi connectivity index (χ0n) is 11.7. The molecule has 0 aliphatic heterocycles. The molecule has 1 heterocycles. The van der Waals surface area contributed by atoms with Gasteiger partial charge in [-0.1, -0.05) is 30.7 Å². The third-order valence-electron chi connectivity index (χ3n) is 3.41. The highest BCUT2D eigenvalue weighted by molar-refractivity contribution is 9.10. The standard InChI is InChI=1S/C16H19BrClNS/c1-3-8-19-15(10-16-13(17)7-9-20-16)12-5-4-6-14(18)11(12)2/h4-7,9,15,19H,3,8,10H2,1-2H3. The lowest BCUT2D eigenvalue weighted by molar-refractivity contribution is 0.529. The SMILES string of the molecule is CCCNC(Cc1sccc1Br)c1cccc(Cl)c1C. The first-order valence-corrected chi connectivity index (χ1v) is 8.88. The van der Waals surface area contributed by atoms with Crippen molar-refractivity contribution in [3.05, 3.63) is 55.1 Å². The molecule has 1 unspecified atom stereocenters. The smallest absolute Gasteiger partial charge is 0.0438 e. The van der Waals surface area contributed by atoms with E-state index in [0.29, 0.717) is 6.04 Å². The Bertz CT molecular complexity index is 567. The van der Waals surface area contributed by atoms with Crippen LogP contribution in [-0.4, -0.2) is 6.54 Å². The van der Waals surface area contributed by atoms with E-state index in [1.54, 1.807) is 11.3 Å². The highest BCUT2D eigenvalue weighted by atomic mass is 79.9. The van der Waals surface area contributed by atoms with Gasteiger partial charge >= 0.3 is 0 Å². The van der Waals surface area contributed by atoms with Crippen LogP contribution in [0.1, 0.15) is 35.4 Å². The van der Waals surface area contributed by atoms with Crippen molar-refractivity contribution in [1.29, 1.82) is 0 Å². The lowest BCUT2D eigenvalue weighted by atomic mass is 9.98. The van der Waals surface area contributed by atoms with Crippen LogP contribution in [0.25, 0.3) is 0 Å². The van der Waals surface area contributed by atoms with Crippen molar-refractivity contribution in [3.8, 4) is 0 Å². The number of hydrogen-bond donors (Lipinski definition) is 1. The van der Waals surface area contributed by atoms with Crippen molar-refractivity contribution in [2.24, 2.45) is 0 Å². The van der Waals surface area contributed by atoms with Gasteiger partial charge in [0.1, 0.15) is 0 Å². The molecular weight excluding hydrogens is 354 g/mol. The van der Waals surface area contributed by atoms with Gasteiger partial charge in [0.2, 0.25) is 0 Å². The summed E-state index contributed by atoms with van der Waals surface area (Å²) in [7, 11) is 0. The maximum Gasteiger partial charge on any atom is 0.0438 e. The number of benzene rings is 1. The van der Waals surface area contributed by atoms with Crippen LogP contribution < -0.4 is 5.32 Å². The first-order valence-electron chi connectivity index (χ1n) is 6.83. The van der Waals surface area contributed by atoms with Gasteiger partial charge in [0, 0.05) is 26.8 Å². The van der Waals surface area contributed by atoms with E-state index in [1.165, 1.54) is 20.5 Å². The second kappa shape index (κ2) is 7.60. The van der Waals surface area contributed by atoms with E-state index in [4.69, 9.17) is 11.6 Å². The Balaban J connectivity index is 2.27. The van der Waals surface area contributed by atoms with Crippen LogP contribution in [0.4, 0.5) is 0 Å². The molecule has 0 fully saturated rings. The minimum Gasteiger partial charge on any atom is -0.310 e. The first kappa shape index (κ1) is 16.0. The van der Waals surface area contributed by atoms with Crippen LogP contribution in [0.2, 0.25) is 5.02 Å². The van der Waals surface area contributed by atoms with E-state index < -0.39 is 0 Å². The molecule has 1 aromatic carbocycles. The molecule has 4 heteroatoms. The van der Waals surface area contributed by atoms with Crippen LogP contribution in [-0.2, 0) is 6.42 Å². The highest BCUT2D eigenvalue weighted by Gasteiger charge is 2.17. The Hall–Kier alpha value is -0.350. The van der Waals surface area contributed by atoms with Gasteiger partial charge in [0.05, 0.1) is 0 Å². The third-order valence-corrected chi connectivity index (χ3v) is 5.76. The second-order valence-electron chi connectivity index (χ2n) is 4.86. The van der Waals surface area contributed by atoms with Gasteiger partial charge in [-0.15, -0.1) is 11.3 Å². The normalized spacial score (nSPS) is 12.6. The number of hydrogen-bond acceptors (Lipinski definition) is 2. The summed E-state index contributed by atoms with van der Waals surface area (Å²) in [6.07, 6.45) is 2.11. The summed E-state index contributed by atoms with van der Waals surface area (Å²) in [6.45, 7) is 5.30. The van der Waals surface area contributed by atoms with Crippen LogP contribution in [0.3, 0.4) is 0 Å². The van der Waals surface area contributed by atoms with E-state index in [9.17, 15) is 0 Å². The molecule has 0 amide bonds. The Labute approximate surface area is 138 Å².